The standard InChI is InChI=1S/C14H11BrClN3/c15-14-12-9-17-6-7-19(12)13(18-14)5-4-10-2-1-3-11(16)8-10/h1-3,6-9H,4-5H2. The molecule has 0 saturated heterocycles. The number of nitrogens with zero attached hydrogens (tertiary/aromatic N) is 3. The summed E-state index contributed by atoms with van der Waals surface area (Å²) in [4.78, 5) is 8.64. The van der Waals surface area contributed by atoms with E-state index in [1.54, 1.807) is 12.4 Å². The van der Waals surface area contributed by atoms with Gasteiger partial charge in [-0.05, 0) is 40.0 Å². The summed E-state index contributed by atoms with van der Waals surface area (Å²) in [5.41, 5.74) is 2.21. The van der Waals surface area contributed by atoms with E-state index in [0.29, 0.717) is 0 Å². The van der Waals surface area contributed by atoms with Gasteiger partial charge >= 0.3 is 0 Å². The van der Waals surface area contributed by atoms with E-state index < -0.39 is 0 Å². The second-order valence-electron chi connectivity index (χ2n) is 4.28. The van der Waals surface area contributed by atoms with Crippen molar-refractivity contribution in [1.82, 2.24) is 14.4 Å². The summed E-state index contributed by atoms with van der Waals surface area (Å²) in [6.45, 7) is 0. The van der Waals surface area contributed by atoms with Gasteiger partial charge in [-0.3, -0.25) is 9.38 Å². The first-order valence-electron chi connectivity index (χ1n) is 5.95. The largest absolute Gasteiger partial charge is 0.300 e. The van der Waals surface area contributed by atoms with E-state index in [1.807, 2.05) is 24.4 Å². The highest BCUT2D eigenvalue weighted by Gasteiger charge is 2.08. The fraction of sp³-hybridized carbons (Fsp3) is 0.143. The zero-order chi connectivity index (χ0) is 13.2. The van der Waals surface area contributed by atoms with Gasteiger partial charge in [0.1, 0.15) is 10.4 Å². The van der Waals surface area contributed by atoms with Crippen molar-refractivity contribution in [3.63, 3.8) is 0 Å². The van der Waals surface area contributed by atoms with Gasteiger partial charge in [0.25, 0.3) is 0 Å². The predicted molar refractivity (Wildman–Crippen MR) is 79.5 cm³/mol. The van der Waals surface area contributed by atoms with Crippen molar-refractivity contribution < 1.29 is 0 Å². The lowest BCUT2D eigenvalue weighted by molar-refractivity contribution is 0.849. The van der Waals surface area contributed by atoms with E-state index in [0.717, 1.165) is 33.8 Å². The second kappa shape index (κ2) is 5.31. The smallest absolute Gasteiger partial charge is 0.133 e. The predicted octanol–water partition coefficient (Wildman–Crippen LogP) is 3.93. The Kier molecular flexibility index (Phi) is 3.53. The number of imidazole rings is 1. The van der Waals surface area contributed by atoms with Gasteiger partial charge in [-0.1, -0.05) is 23.7 Å². The minimum Gasteiger partial charge on any atom is -0.300 e. The molecule has 0 unspecified atom stereocenters. The minimum absolute atomic E-state index is 0.774. The molecule has 0 radical (unpaired) electrons. The van der Waals surface area contributed by atoms with Crippen LogP contribution < -0.4 is 0 Å². The van der Waals surface area contributed by atoms with E-state index in [2.05, 4.69) is 36.4 Å². The Bertz CT molecular complexity index is 724. The molecule has 0 aliphatic rings. The molecule has 0 bridgehead atoms. The molecular formula is C14H11BrClN3. The Morgan fingerprint density at radius 1 is 1.26 bits per heavy atom. The zero-order valence-corrected chi connectivity index (χ0v) is 12.4. The van der Waals surface area contributed by atoms with Crippen LogP contribution in [0.4, 0.5) is 0 Å². The van der Waals surface area contributed by atoms with Crippen molar-refractivity contribution in [1.29, 1.82) is 0 Å². The third-order valence-corrected chi connectivity index (χ3v) is 3.82. The van der Waals surface area contributed by atoms with Crippen molar-refractivity contribution in [3.8, 4) is 0 Å². The van der Waals surface area contributed by atoms with Gasteiger partial charge in [-0.2, -0.15) is 0 Å². The summed E-state index contributed by atoms with van der Waals surface area (Å²) in [7, 11) is 0. The Morgan fingerprint density at radius 2 is 2.16 bits per heavy atom. The molecule has 5 heteroatoms. The molecule has 0 fully saturated rings. The molecular weight excluding hydrogens is 326 g/mol. The maximum atomic E-state index is 5.99. The lowest BCUT2D eigenvalue weighted by Crippen LogP contribution is -1.98. The molecule has 1 aromatic carbocycles. The SMILES string of the molecule is Clc1cccc(CCc2nc(Br)c3cnccn23)c1. The highest BCUT2D eigenvalue weighted by Crippen LogP contribution is 2.19. The molecule has 0 aliphatic carbocycles. The van der Waals surface area contributed by atoms with Gasteiger partial charge in [-0.25, -0.2) is 4.98 Å². The molecule has 0 amide bonds. The molecule has 19 heavy (non-hydrogen) atoms. The van der Waals surface area contributed by atoms with Crippen LogP contribution in [-0.2, 0) is 12.8 Å². The Labute approximate surface area is 124 Å². The number of fused-ring (bicyclic) bond motifs is 1. The van der Waals surface area contributed by atoms with Crippen molar-refractivity contribution >= 4 is 33.0 Å². The molecule has 0 atom stereocenters. The highest BCUT2D eigenvalue weighted by molar-refractivity contribution is 9.10. The second-order valence-corrected chi connectivity index (χ2v) is 5.47. The van der Waals surface area contributed by atoms with Crippen LogP contribution in [0.3, 0.4) is 0 Å². The van der Waals surface area contributed by atoms with Crippen LogP contribution in [0.2, 0.25) is 5.02 Å². The molecule has 0 spiro atoms. The van der Waals surface area contributed by atoms with Gasteiger partial charge in [0, 0.05) is 23.8 Å². The van der Waals surface area contributed by atoms with Crippen LogP contribution in [0.5, 0.6) is 0 Å². The Balaban J connectivity index is 1.86. The maximum Gasteiger partial charge on any atom is 0.133 e. The number of rotatable bonds is 3. The van der Waals surface area contributed by atoms with Crippen molar-refractivity contribution in [3.05, 3.63) is 63.9 Å². The summed E-state index contributed by atoms with van der Waals surface area (Å²) in [5.74, 6) is 1.02. The van der Waals surface area contributed by atoms with Crippen molar-refractivity contribution in [2.75, 3.05) is 0 Å². The van der Waals surface area contributed by atoms with Crippen LogP contribution in [0, 0.1) is 0 Å². The Hall–Kier alpha value is -1.39. The number of benzene rings is 1. The van der Waals surface area contributed by atoms with Crippen LogP contribution in [0.15, 0.2) is 47.5 Å². The van der Waals surface area contributed by atoms with Crippen LogP contribution in [0.1, 0.15) is 11.4 Å². The fourth-order valence-corrected chi connectivity index (χ4v) is 2.80. The third-order valence-electron chi connectivity index (χ3n) is 3.00. The summed E-state index contributed by atoms with van der Waals surface area (Å²) in [6, 6.07) is 7.94. The summed E-state index contributed by atoms with van der Waals surface area (Å²) in [6.07, 6.45) is 7.27. The van der Waals surface area contributed by atoms with Gasteiger partial charge < -0.3 is 0 Å². The molecule has 3 nitrogen and oxygen atoms in total. The van der Waals surface area contributed by atoms with Gasteiger partial charge in [-0.15, -0.1) is 0 Å². The monoisotopic (exact) mass is 335 g/mol. The summed E-state index contributed by atoms with van der Waals surface area (Å²) in [5, 5.41) is 0.774. The van der Waals surface area contributed by atoms with E-state index in [-0.39, 0.29) is 0 Å². The van der Waals surface area contributed by atoms with E-state index in [4.69, 9.17) is 11.6 Å². The fourth-order valence-electron chi connectivity index (χ4n) is 2.09. The minimum atomic E-state index is 0.774. The number of aromatic nitrogens is 3. The van der Waals surface area contributed by atoms with Crippen molar-refractivity contribution in [2.24, 2.45) is 0 Å². The maximum absolute atomic E-state index is 5.99. The van der Waals surface area contributed by atoms with Crippen LogP contribution >= 0.6 is 27.5 Å². The topological polar surface area (TPSA) is 30.2 Å². The molecule has 2 heterocycles. The molecule has 0 aliphatic heterocycles. The molecule has 96 valence electrons. The molecule has 3 aromatic rings. The lowest BCUT2D eigenvalue weighted by atomic mass is 10.1. The number of hydrogen-bond donors (Lipinski definition) is 0. The zero-order valence-electron chi connectivity index (χ0n) is 10.1. The summed E-state index contributed by atoms with van der Waals surface area (Å²) >= 11 is 9.45. The number of halogens is 2. The average molecular weight is 337 g/mol. The lowest BCUT2D eigenvalue weighted by Gasteiger charge is -2.02. The van der Waals surface area contributed by atoms with Gasteiger partial charge in [0.05, 0.1) is 11.7 Å². The first-order chi connectivity index (χ1) is 9.24. The van der Waals surface area contributed by atoms with Crippen LogP contribution in [0.25, 0.3) is 5.52 Å². The van der Waals surface area contributed by atoms with E-state index >= 15 is 0 Å². The number of hydrogen-bond acceptors (Lipinski definition) is 2. The third kappa shape index (κ3) is 2.65. The average Bonchev–Trinajstić information content (AvgIpc) is 2.74. The van der Waals surface area contributed by atoms with Gasteiger partial charge in [0.15, 0.2) is 0 Å². The first kappa shape index (κ1) is 12.6. The van der Waals surface area contributed by atoms with Crippen LogP contribution in [-0.4, -0.2) is 14.4 Å². The van der Waals surface area contributed by atoms with E-state index in [9.17, 15) is 0 Å². The quantitative estimate of drug-likeness (QED) is 0.725. The molecule has 0 N–H and O–H groups in total. The highest BCUT2D eigenvalue weighted by atomic mass is 79.9. The van der Waals surface area contributed by atoms with Gasteiger partial charge in [0.2, 0.25) is 0 Å². The molecule has 0 saturated carbocycles. The van der Waals surface area contributed by atoms with E-state index in [1.165, 1.54) is 5.56 Å². The first-order valence-corrected chi connectivity index (χ1v) is 7.12. The summed E-state index contributed by atoms with van der Waals surface area (Å²) < 4.78 is 2.89. The number of aryl methyl sites for hydroxylation is 2. The molecule has 2 aromatic heterocycles. The van der Waals surface area contributed by atoms with Crippen molar-refractivity contribution in [2.45, 2.75) is 12.8 Å². The molecule has 3 rings (SSSR count). The normalized spacial score (nSPS) is 11.1. The Morgan fingerprint density at radius 3 is 3.00 bits per heavy atom.